The molecule has 0 bridgehead atoms. The van der Waals surface area contributed by atoms with Crippen LogP contribution in [0.3, 0.4) is 0 Å². The van der Waals surface area contributed by atoms with Crippen LogP contribution in [0.15, 0.2) is 24.3 Å². The van der Waals surface area contributed by atoms with E-state index in [0.29, 0.717) is 12.5 Å². The lowest BCUT2D eigenvalue weighted by Gasteiger charge is -2.32. The zero-order valence-corrected chi connectivity index (χ0v) is 13.2. The van der Waals surface area contributed by atoms with E-state index in [4.69, 9.17) is 0 Å². The second kappa shape index (κ2) is 8.15. The third-order valence-corrected chi connectivity index (χ3v) is 4.08. The summed E-state index contributed by atoms with van der Waals surface area (Å²) in [5.41, 5.74) is 2.16. The molecule has 4 nitrogen and oxygen atoms in total. The smallest absolute Gasteiger partial charge is 0.238 e. The van der Waals surface area contributed by atoms with Gasteiger partial charge in [0.1, 0.15) is 0 Å². The fourth-order valence-corrected chi connectivity index (χ4v) is 3.02. The van der Waals surface area contributed by atoms with Crippen LogP contribution in [-0.4, -0.2) is 44.0 Å². The Morgan fingerprint density at radius 1 is 1.43 bits per heavy atom. The summed E-state index contributed by atoms with van der Waals surface area (Å²) in [5, 5.41) is 6.25. The molecule has 1 aliphatic heterocycles. The molecule has 2 rings (SSSR count). The number of piperidine rings is 1. The molecule has 1 fully saturated rings. The largest absolute Gasteiger partial charge is 0.325 e. The van der Waals surface area contributed by atoms with Gasteiger partial charge in [0.05, 0.1) is 6.54 Å². The molecule has 1 unspecified atom stereocenters. The molecule has 1 aromatic carbocycles. The van der Waals surface area contributed by atoms with Gasteiger partial charge in [-0.15, -0.1) is 0 Å². The fourth-order valence-electron chi connectivity index (χ4n) is 3.02. The first-order chi connectivity index (χ1) is 10.2. The summed E-state index contributed by atoms with van der Waals surface area (Å²) in [6.45, 7) is 5.70. The van der Waals surface area contributed by atoms with Gasteiger partial charge in [-0.1, -0.05) is 19.1 Å². The summed E-state index contributed by atoms with van der Waals surface area (Å²) >= 11 is 0. The maximum atomic E-state index is 12.2. The van der Waals surface area contributed by atoms with Crippen molar-refractivity contribution in [1.29, 1.82) is 0 Å². The van der Waals surface area contributed by atoms with Gasteiger partial charge in [-0.05, 0) is 63.0 Å². The summed E-state index contributed by atoms with van der Waals surface area (Å²) in [6, 6.07) is 8.09. The first kappa shape index (κ1) is 16.0. The van der Waals surface area contributed by atoms with E-state index in [1.165, 1.54) is 18.4 Å². The number of nitrogens with one attached hydrogen (secondary N) is 2. The van der Waals surface area contributed by atoms with Crippen LogP contribution in [0.2, 0.25) is 0 Å². The van der Waals surface area contributed by atoms with Crippen molar-refractivity contribution in [2.24, 2.45) is 5.92 Å². The van der Waals surface area contributed by atoms with Gasteiger partial charge in [-0.25, -0.2) is 0 Å². The van der Waals surface area contributed by atoms with E-state index in [9.17, 15) is 4.79 Å². The molecule has 1 aliphatic rings. The Labute approximate surface area is 127 Å². The van der Waals surface area contributed by atoms with E-state index in [-0.39, 0.29) is 5.91 Å². The molecule has 1 aromatic rings. The van der Waals surface area contributed by atoms with Crippen LogP contribution < -0.4 is 10.6 Å². The predicted octanol–water partition coefficient (Wildman–Crippen LogP) is 2.12. The molecular formula is C17H27N3O. The fraction of sp³-hybridized carbons (Fsp3) is 0.588. The van der Waals surface area contributed by atoms with E-state index in [1.54, 1.807) is 0 Å². The van der Waals surface area contributed by atoms with Gasteiger partial charge in [0, 0.05) is 12.2 Å². The molecule has 0 aliphatic carbocycles. The Morgan fingerprint density at radius 2 is 2.29 bits per heavy atom. The number of anilines is 1. The van der Waals surface area contributed by atoms with Crippen molar-refractivity contribution >= 4 is 11.6 Å². The molecule has 4 heteroatoms. The molecule has 1 atom stereocenters. The molecule has 0 saturated carbocycles. The molecule has 0 aromatic heterocycles. The van der Waals surface area contributed by atoms with Gasteiger partial charge >= 0.3 is 0 Å². The first-order valence-electron chi connectivity index (χ1n) is 7.97. The average molecular weight is 289 g/mol. The van der Waals surface area contributed by atoms with Crippen LogP contribution in [0.5, 0.6) is 0 Å². The minimum Gasteiger partial charge on any atom is -0.325 e. The van der Waals surface area contributed by atoms with Crippen molar-refractivity contribution in [3.05, 3.63) is 29.8 Å². The number of carbonyl (C=O) groups excluding carboxylic acids is 1. The zero-order valence-electron chi connectivity index (χ0n) is 13.2. The van der Waals surface area contributed by atoms with Crippen LogP contribution in [0, 0.1) is 5.92 Å². The number of rotatable bonds is 6. The van der Waals surface area contributed by atoms with Crippen molar-refractivity contribution in [2.75, 3.05) is 38.5 Å². The highest BCUT2D eigenvalue weighted by atomic mass is 16.2. The van der Waals surface area contributed by atoms with Crippen molar-refractivity contribution < 1.29 is 4.79 Å². The summed E-state index contributed by atoms with van der Waals surface area (Å²) in [5.74, 6) is 0.758. The number of amides is 1. The lowest BCUT2D eigenvalue weighted by atomic mass is 9.98. The van der Waals surface area contributed by atoms with Crippen molar-refractivity contribution in [3.63, 3.8) is 0 Å². The first-order valence-corrected chi connectivity index (χ1v) is 7.97. The van der Waals surface area contributed by atoms with Crippen LogP contribution in [-0.2, 0) is 11.2 Å². The second-order valence-electron chi connectivity index (χ2n) is 5.90. The Hall–Kier alpha value is -1.39. The zero-order chi connectivity index (χ0) is 15.1. The van der Waals surface area contributed by atoms with Crippen LogP contribution in [0.4, 0.5) is 5.69 Å². The SMILES string of the molecule is CCc1cccc(NC(=O)CN2CCCC(CNC)C2)c1. The highest BCUT2D eigenvalue weighted by Gasteiger charge is 2.20. The van der Waals surface area contributed by atoms with Gasteiger partial charge in [0.25, 0.3) is 0 Å². The standard InChI is InChI=1S/C17H27N3O/c1-3-14-6-4-8-16(10-14)19-17(21)13-20-9-5-7-15(12-20)11-18-2/h4,6,8,10,15,18H,3,5,7,9,11-13H2,1-2H3,(H,19,21). The maximum Gasteiger partial charge on any atom is 0.238 e. The Morgan fingerprint density at radius 3 is 3.05 bits per heavy atom. The molecule has 2 N–H and O–H groups in total. The number of aryl methyl sites for hydroxylation is 1. The monoisotopic (exact) mass is 289 g/mol. The summed E-state index contributed by atoms with van der Waals surface area (Å²) in [4.78, 5) is 14.4. The molecule has 0 radical (unpaired) electrons. The van der Waals surface area contributed by atoms with Gasteiger partial charge in [0.2, 0.25) is 5.91 Å². The normalized spacial score (nSPS) is 19.4. The van der Waals surface area contributed by atoms with Crippen molar-refractivity contribution in [3.8, 4) is 0 Å². The molecule has 1 saturated heterocycles. The molecular weight excluding hydrogens is 262 g/mol. The molecule has 21 heavy (non-hydrogen) atoms. The number of benzene rings is 1. The molecule has 116 valence electrons. The summed E-state index contributed by atoms with van der Waals surface area (Å²) in [6.07, 6.45) is 3.43. The Bertz CT molecular complexity index is 459. The van der Waals surface area contributed by atoms with E-state index < -0.39 is 0 Å². The third kappa shape index (κ3) is 5.14. The highest BCUT2D eigenvalue weighted by molar-refractivity contribution is 5.92. The average Bonchev–Trinajstić information content (AvgIpc) is 2.48. The Kier molecular flexibility index (Phi) is 6.21. The lowest BCUT2D eigenvalue weighted by molar-refractivity contribution is -0.117. The van der Waals surface area contributed by atoms with Gasteiger partial charge in [-0.2, -0.15) is 0 Å². The predicted molar refractivity (Wildman–Crippen MR) is 87.5 cm³/mol. The van der Waals surface area contributed by atoms with Gasteiger partial charge in [0.15, 0.2) is 0 Å². The lowest BCUT2D eigenvalue weighted by Crippen LogP contribution is -2.42. The number of nitrogens with zero attached hydrogens (tertiary/aromatic N) is 1. The number of carbonyl (C=O) groups is 1. The van der Waals surface area contributed by atoms with Gasteiger partial charge in [-0.3, -0.25) is 9.69 Å². The number of hydrogen-bond acceptors (Lipinski definition) is 3. The number of likely N-dealkylation sites (tertiary alicyclic amines) is 1. The molecule has 1 amide bonds. The summed E-state index contributed by atoms with van der Waals surface area (Å²) in [7, 11) is 1.99. The minimum absolute atomic E-state index is 0.0911. The summed E-state index contributed by atoms with van der Waals surface area (Å²) < 4.78 is 0. The van der Waals surface area contributed by atoms with Crippen molar-refractivity contribution in [1.82, 2.24) is 10.2 Å². The molecule has 0 spiro atoms. The second-order valence-corrected chi connectivity index (χ2v) is 5.90. The minimum atomic E-state index is 0.0911. The topological polar surface area (TPSA) is 44.4 Å². The van der Waals surface area contributed by atoms with Gasteiger partial charge < -0.3 is 10.6 Å². The third-order valence-electron chi connectivity index (χ3n) is 4.08. The van der Waals surface area contributed by atoms with Crippen LogP contribution >= 0.6 is 0 Å². The maximum absolute atomic E-state index is 12.2. The quantitative estimate of drug-likeness (QED) is 0.843. The van der Waals surface area contributed by atoms with Crippen LogP contribution in [0.1, 0.15) is 25.3 Å². The van der Waals surface area contributed by atoms with E-state index >= 15 is 0 Å². The Balaban J connectivity index is 1.83. The highest BCUT2D eigenvalue weighted by Crippen LogP contribution is 2.16. The van der Waals surface area contributed by atoms with Crippen LogP contribution in [0.25, 0.3) is 0 Å². The number of hydrogen-bond donors (Lipinski definition) is 2. The molecule has 1 heterocycles. The van der Waals surface area contributed by atoms with Crippen molar-refractivity contribution in [2.45, 2.75) is 26.2 Å². The van der Waals surface area contributed by atoms with E-state index in [2.05, 4.69) is 34.6 Å². The van der Waals surface area contributed by atoms with E-state index in [1.807, 2.05) is 19.2 Å². The van der Waals surface area contributed by atoms with E-state index in [0.717, 1.165) is 31.7 Å².